The number of hydrogen-bond donors (Lipinski definition) is 1. The highest BCUT2D eigenvalue weighted by molar-refractivity contribution is 5.12. The molecule has 1 aromatic rings. The predicted molar refractivity (Wildman–Crippen MR) is 85.1 cm³/mol. The van der Waals surface area contributed by atoms with Gasteiger partial charge in [0, 0.05) is 18.8 Å². The van der Waals surface area contributed by atoms with Crippen LogP contribution in [0.3, 0.4) is 0 Å². The van der Waals surface area contributed by atoms with Crippen LogP contribution in [-0.4, -0.2) is 22.9 Å². The van der Waals surface area contributed by atoms with E-state index in [1.54, 1.807) is 0 Å². The lowest BCUT2D eigenvalue weighted by Gasteiger charge is -2.59. The molecule has 4 bridgehead atoms. The summed E-state index contributed by atoms with van der Waals surface area (Å²) in [4.78, 5) is 0. The van der Waals surface area contributed by atoms with Crippen LogP contribution >= 0.6 is 0 Å². The average Bonchev–Trinajstić information content (AvgIpc) is 2.91. The lowest BCUT2D eigenvalue weighted by Crippen LogP contribution is -2.56. The third kappa shape index (κ3) is 2.34. The van der Waals surface area contributed by atoms with Gasteiger partial charge in [-0.3, -0.25) is 4.68 Å². The van der Waals surface area contributed by atoms with Crippen LogP contribution in [0.2, 0.25) is 0 Å². The largest absolute Gasteiger partial charge is 0.316 e. The zero-order valence-corrected chi connectivity index (χ0v) is 13.5. The van der Waals surface area contributed by atoms with E-state index in [1.807, 2.05) is 0 Å². The second-order valence-electron chi connectivity index (χ2n) is 8.03. The number of aryl methyl sites for hydroxylation is 1. The monoisotopic (exact) mass is 287 g/mol. The maximum atomic E-state index is 4.46. The molecule has 1 heterocycles. The Morgan fingerprint density at radius 2 is 1.86 bits per heavy atom. The Kier molecular flexibility index (Phi) is 3.36. The maximum Gasteiger partial charge on any atom is 0.0522 e. The van der Waals surface area contributed by atoms with Gasteiger partial charge in [0.1, 0.15) is 0 Å². The Morgan fingerprint density at radius 3 is 2.33 bits per heavy atom. The molecule has 4 fully saturated rings. The van der Waals surface area contributed by atoms with Crippen molar-refractivity contribution >= 4 is 0 Å². The topological polar surface area (TPSA) is 29.9 Å². The van der Waals surface area contributed by atoms with E-state index in [2.05, 4.69) is 41.5 Å². The van der Waals surface area contributed by atoms with Crippen LogP contribution in [0.25, 0.3) is 0 Å². The lowest BCUT2D eigenvalue weighted by molar-refractivity contribution is -0.0724. The van der Waals surface area contributed by atoms with Crippen molar-refractivity contribution in [2.75, 3.05) is 7.05 Å². The van der Waals surface area contributed by atoms with Crippen LogP contribution in [-0.2, 0) is 13.0 Å². The number of hydrogen-bond acceptors (Lipinski definition) is 2. The third-order valence-corrected chi connectivity index (χ3v) is 6.62. The normalized spacial score (nSPS) is 38.9. The lowest BCUT2D eigenvalue weighted by atomic mass is 9.47. The van der Waals surface area contributed by atoms with Crippen molar-refractivity contribution in [2.24, 2.45) is 23.2 Å². The molecule has 1 aromatic heterocycles. The van der Waals surface area contributed by atoms with Gasteiger partial charge in [0.2, 0.25) is 0 Å². The van der Waals surface area contributed by atoms with Crippen LogP contribution in [0.1, 0.15) is 51.0 Å². The summed E-state index contributed by atoms with van der Waals surface area (Å²) in [6.07, 6.45) is 14.5. The van der Waals surface area contributed by atoms with E-state index in [0.29, 0.717) is 11.5 Å². The van der Waals surface area contributed by atoms with Gasteiger partial charge in [-0.15, -0.1) is 0 Å². The standard InChI is InChI=1S/C18H29N3/c1-3-21-12-16(11-20-21)7-17(19-2)18-8-13-4-14(9-18)6-15(5-13)10-18/h11-15,17,19H,3-10H2,1-2H3. The van der Waals surface area contributed by atoms with Crippen molar-refractivity contribution in [1.29, 1.82) is 0 Å². The predicted octanol–water partition coefficient (Wildman–Crippen LogP) is 3.25. The molecule has 1 atom stereocenters. The van der Waals surface area contributed by atoms with Crippen LogP contribution < -0.4 is 5.32 Å². The summed E-state index contributed by atoms with van der Waals surface area (Å²) in [6, 6.07) is 0.639. The van der Waals surface area contributed by atoms with Gasteiger partial charge in [0.05, 0.1) is 6.20 Å². The van der Waals surface area contributed by atoms with Crippen LogP contribution in [0.5, 0.6) is 0 Å². The Balaban J connectivity index is 1.55. The average molecular weight is 287 g/mol. The smallest absolute Gasteiger partial charge is 0.0522 e. The third-order valence-electron chi connectivity index (χ3n) is 6.62. The summed E-state index contributed by atoms with van der Waals surface area (Å²) in [7, 11) is 2.17. The van der Waals surface area contributed by atoms with E-state index in [4.69, 9.17) is 0 Å². The number of likely N-dealkylation sites (N-methyl/N-ethyl adjacent to an activating group) is 1. The molecule has 3 nitrogen and oxygen atoms in total. The summed E-state index contributed by atoms with van der Waals surface area (Å²) in [6.45, 7) is 3.13. The van der Waals surface area contributed by atoms with Gasteiger partial charge in [-0.1, -0.05) is 0 Å². The van der Waals surface area contributed by atoms with Gasteiger partial charge >= 0.3 is 0 Å². The van der Waals surface area contributed by atoms with Gasteiger partial charge in [0.15, 0.2) is 0 Å². The molecule has 4 saturated carbocycles. The fourth-order valence-electron chi connectivity index (χ4n) is 6.15. The van der Waals surface area contributed by atoms with Crippen LogP contribution in [0.4, 0.5) is 0 Å². The van der Waals surface area contributed by atoms with Gasteiger partial charge in [-0.25, -0.2) is 0 Å². The maximum absolute atomic E-state index is 4.46. The zero-order valence-electron chi connectivity index (χ0n) is 13.5. The summed E-state index contributed by atoms with van der Waals surface area (Å²) >= 11 is 0. The molecule has 3 heteroatoms. The molecular formula is C18H29N3. The SMILES string of the molecule is CCn1cc(CC(NC)C23CC4CC(CC(C4)C2)C3)cn1. The molecule has 0 spiro atoms. The highest BCUT2D eigenvalue weighted by atomic mass is 15.3. The Morgan fingerprint density at radius 1 is 1.24 bits per heavy atom. The van der Waals surface area contributed by atoms with E-state index in [1.165, 1.54) is 44.1 Å². The van der Waals surface area contributed by atoms with Crippen molar-refractivity contribution in [3.05, 3.63) is 18.0 Å². The molecule has 21 heavy (non-hydrogen) atoms. The van der Waals surface area contributed by atoms with Crippen molar-refractivity contribution < 1.29 is 0 Å². The first-order valence-corrected chi connectivity index (χ1v) is 8.89. The van der Waals surface area contributed by atoms with E-state index >= 15 is 0 Å². The summed E-state index contributed by atoms with van der Waals surface area (Å²) in [5, 5.41) is 8.16. The molecular weight excluding hydrogens is 258 g/mol. The molecule has 116 valence electrons. The van der Waals surface area contributed by atoms with Crippen molar-refractivity contribution in [2.45, 2.75) is 64.5 Å². The Labute approximate surface area is 128 Å². The molecule has 1 N–H and O–H groups in total. The highest BCUT2D eigenvalue weighted by Gasteiger charge is 2.53. The van der Waals surface area contributed by atoms with E-state index in [0.717, 1.165) is 30.7 Å². The van der Waals surface area contributed by atoms with Gasteiger partial charge < -0.3 is 5.32 Å². The Bertz CT molecular complexity index is 469. The van der Waals surface area contributed by atoms with Gasteiger partial charge in [-0.05, 0) is 87.6 Å². The first-order chi connectivity index (χ1) is 10.2. The molecule has 5 rings (SSSR count). The van der Waals surface area contributed by atoms with E-state index in [-0.39, 0.29) is 0 Å². The molecule has 0 saturated heterocycles. The molecule has 0 aliphatic heterocycles. The summed E-state index contributed by atoms with van der Waals surface area (Å²) in [5.74, 6) is 3.10. The van der Waals surface area contributed by atoms with Crippen LogP contribution in [0.15, 0.2) is 12.4 Å². The number of aromatic nitrogens is 2. The number of nitrogens with zero attached hydrogens (tertiary/aromatic N) is 2. The molecule has 0 amide bonds. The minimum absolute atomic E-state index is 0.581. The summed E-state index contributed by atoms with van der Waals surface area (Å²) in [5.41, 5.74) is 1.99. The quantitative estimate of drug-likeness (QED) is 0.901. The van der Waals surface area contributed by atoms with Crippen LogP contribution in [0, 0.1) is 23.2 Å². The fraction of sp³-hybridized carbons (Fsp3) is 0.833. The molecule has 4 aliphatic carbocycles. The van der Waals surface area contributed by atoms with Crippen molar-refractivity contribution in [1.82, 2.24) is 15.1 Å². The second-order valence-corrected chi connectivity index (χ2v) is 8.03. The first-order valence-electron chi connectivity index (χ1n) is 8.89. The van der Waals surface area contributed by atoms with Crippen molar-refractivity contribution in [3.63, 3.8) is 0 Å². The number of rotatable bonds is 5. The van der Waals surface area contributed by atoms with Gasteiger partial charge in [-0.2, -0.15) is 5.10 Å². The molecule has 0 aromatic carbocycles. The molecule has 4 aliphatic rings. The minimum Gasteiger partial charge on any atom is -0.316 e. The fourth-order valence-corrected chi connectivity index (χ4v) is 6.15. The first kappa shape index (κ1) is 13.8. The van der Waals surface area contributed by atoms with Gasteiger partial charge in [0.25, 0.3) is 0 Å². The van der Waals surface area contributed by atoms with Crippen molar-refractivity contribution in [3.8, 4) is 0 Å². The Hall–Kier alpha value is -0.830. The van der Waals surface area contributed by atoms with E-state index in [9.17, 15) is 0 Å². The zero-order chi connectivity index (χ0) is 14.4. The molecule has 0 radical (unpaired) electrons. The number of nitrogens with one attached hydrogen (secondary N) is 1. The second kappa shape index (κ2) is 5.12. The summed E-state index contributed by atoms with van der Waals surface area (Å²) < 4.78 is 2.06. The highest BCUT2D eigenvalue weighted by Crippen LogP contribution is 2.61. The minimum atomic E-state index is 0.581. The molecule has 1 unspecified atom stereocenters. The van der Waals surface area contributed by atoms with E-state index < -0.39 is 0 Å².